The van der Waals surface area contributed by atoms with Gasteiger partial charge >= 0.3 is 0 Å². The van der Waals surface area contributed by atoms with Crippen molar-refractivity contribution < 1.29 is 4.79 Å². The van der Waals surface area contributed by atoms with Crippen LogP contribution in [0.25, 0.3) is 21.6 Å². The van der Waals surface area contributed by atoms with E-state index < -0.39 is 5.91 Å². The standard InChI is InChI=1S/C11H7N5O/c12-16-15-11(17)9-3-1-2-8(4-9)10-5-13-7-14-6-10/h1-7H. The molecule has 0 radical (unpaired) electrons. The lowest BCUT2D eigenvalue weighted by Gasteiger charge is -2.01. The molecule has 0 aliphatic heterocycles. The molecule has 0 saturated heterocycles. The third kappa shape index (κ3) is 2.45. The first-order valence-corrected chi connectivity index (χ1v) is 4.76. The summed E-state index contributed by atoms with van der Waals surface area (Å²) >= 11 is 0. The molecule has 0 unspecified atom stereocenters. The van der Waals surface area contributed by atoms with Gasteiger partial charge in [0.25, 0.3) is 0 Å². The first-order chi connectivity index (χ1) is 8.31. The van der Waals surface area contributed by atoms with Gasteiger partial charge in [0.15, 0.2) is 0 Å². The zero-order valence-electron chi connectivity index (χ0n) is 8.69. The van der Waals surface area contributed by atoms with Crippen LogP contribution in [-0.2, 0) is 0 Å². The summed E-state index contributed by atoms with van der Waals surface area (Å²) in [7, 11) is 0. The molecule has 2 rings (SSSR count). The number of hydrogen-bond acceptors (Lipinski definition) is 3. The van der Waals surface area contributed by atoms with E-state index in [4.69, 9.17) is 5.53 Å². The molecule has 0 fully saturated rings. The molecule has 0 N–H and O–H groups in total. The highest BCUT2D eigenvalue weighted by atomic mass is 16.1. The van der Waals surface area contributed by atoms with Crippen LogP contribution in [0, 0.1) is 0 Å². The average Bonchev–Trinajstić information content (AvgIpc) is 2.40. The second-order valence-corrected chi connectivity index (χ2v) is 3.20. The number of amides is 1. The fourth-order valence-electron chi connectivity index (χ4n) is 1.38. The largest absolute Gasteiger partial charge is 0.287 e. The van der Waals surface area contributed by atoms with Gasteiger partial charge in [-0.3, -0.25) is 4.79 Å². The molecular weight excluding hydrogens is 218 g/mol. The summed E-state index contributed by atoms with van der Waals surface area (Å²) < 4.78 is 0. The number of carbonyl (C=O) groups is 1. The highest BCUT2D eigenvalue weighted by Crippen LogP contribution is 2.18. The van der Waals surface area contributed by atoms with Gasteiger partial charge in [-0.2, -0.15) is 0 Å². The van der Waals surface area contributed by atoms with Crippen LogP contribution in [0.1, 0.15) is 10.4 Å². The number of aromatic nitrogens is 2. The van der Waals surface area contributed by atoms with E-state index in [2.05, 4.69) is 20.0 Å². The Morgan fingerprint density at radius 1 is 1.24 bits per heavy atom. The van der Waals surface area contributed by atoms with Gasteiger partial charge in [-0.25, -0.2) is 9.97 Å². The molecule has 0 bridgehead atoms. The Kier molecular flexibility index (Phi) is 3.09. The molecule has 6 heteroatoms. The second-order valence-electron chi connectivity index (χ2n) is 3.20. The molecular formula is C11H7N5O. The van der Waals surface area contributed by atoms with Gasteiger partial charge in [0.2, 0.25) is 5.91 Å². The monoisotopic (exact) mass is 225 g/mol. The first kappa shape index (κ1) is 10.8. The Hall–Kier alpha value is -2.72. The number of azide groups is 1. The van der Waals surface area contributed by atoms with E-state index in [-0.39, 0.29) is 0 Å². The summed E-state index contributed by atoms with van der Waals surface area (Å²) in [6.07, 6.45) is 4.72. The van der Waals surface area contributed by atoms with Crippen LogP contribution in [-0.4, -0.2) is 15.9 Å². The zero-order valence-corrected chi connectivity index (χ0v) is 8.69. The van der Waals surface area contributed by atoms with Crippen molar-refractivity contribution in [3.05, 3.63) is 59.0 Å². The minimum absolute atomic E-state index is 0.337. The van der Waals surface area contributed by atoms with Gasteiger partial charge in [0.05, 0.1) is 0 Å². The van der Waals surface area contributed by atoms with E-state index in [0.29, 0.717) is 5.56 Å². The van der Waals surface area contributed by atoms with Gasteiger partial charge in [-0.05, 0) is 22.3 Å². The van der Waals surface area contributed by atoms with Gasteiger partial charge in [0.1, 0.15) is 6.33 Å². The number of rotatable bonds is 2. The van der Waals surface area contributed by atoms with Crippen LogP contribution in [0.3, 0.4) is 0 Å². The van der Waals surface area contributed by atoms with E-state index in [1.807, 2.05) is 6.07 Å². The maximum absolute atomic E-state index is 11.4. The van der Waals surface area contributed by atoms with E-state index in [1.165, 1.54) is 6.33 Å². The third-order valence-corrected chi connectivity index (χ3v) is 2.14. The van der Waals surface area contributed by atoms with Crippen molar-refractivity contribution >= 4 is 5.91 Å². The summed E-state index contributed by atoms with van der Waals surface area (Å²) in [6.45, 7) is 0. The van der Waals surface area contributed by atoms with E-state index in [1.54, 1.807) is 30.6 Å². The van der Waals surface area contributed by atoms with Crippen molar-refractivity contribution in [3.8, 4) is 11.1 Å². The molecule has 2 aromatic rings. The van der Waals surface area contributed by atoms with Crippen LogP contribution >= 0.6 is 0 Å². The number of hydrogen-bond donors (Lipinski definition) is 0. The molecule has 0 spiro atoms. The molecule has 82 valence electrons. The number of nitrogens with zero attached hydrogens (tertiary/aromatic N) is 5. The predicted molar refractivity (Wildman–Crippen MR) is 60.9 cm³/mol. The molecule has 0 atom stereocenters. The molecule has 0 aliphatic carbocycles. The predicted octanol–water partition coefficient (Wildman–Crippen LogP) is 2.59. The van der Waals surface area contributed by atoms with Crippen molar-refractivity contribution in [2.45, 2.75) is 0 Å². The highest BCUT2D eigenvalue weighted by molar-refractivity contribution is 5.96. The van der Waals surface area contributed by atoms with Crippen molar-refractivity contribution in [2.24, 2.45) is 5.11 Å². The lowest BCUT2D eigenvalue weighted by molar-refractivity contribution is 0.100. The maximum Gasteiger partial charge on any atom is 0.249 e. The molecule has 0 saturated carbocycles. The Morgan fingerprint density at radius 2 is 2.00 bits per heavy atom. The summed E-state index contributed by atoms with van der Waals surface area (Å²) in [6, 6.07) is 6.76. The summed E-state index contributed by atoms with van der Waals surface area (Å²) in [4.78, 5) is 21.6. The molecule has 6 nitrogen and oxygen atoms in total. The molecule has 1 aromatic heterocycles. The lowest BCUT2D eigenvalue weighted by Crippen LogP contribution is -1.93. The van der Waals surface area contributed by atoms with Crippen LogP contribution < -0.4 is 0 Å². The quantitative estimate of drug-likeness (QED) is 0.446. The van der Waals surface area contributed by atoms with E-state index in [0.717, 1.165) is 11.1 Å². The summed E-state index contributed by atoms with van der Waals surface area (Å²) in [5.74, 6) is -0.605. The minimum Gasteiger partial charge on any atom is -0.287 e. The highest BCUT2D eigenvalue weighted by Gasteiger charge is 2.05. The fourth-order valence-corrected chi connectivity index (χ4v) is 1.38. The average molecular weight is 225 g/mol. The lowest BCUT2D eigenvalue weighted by atomic mass is 10.1. The van der Waals surface area contributed by atoms with Gasteiger partial charge in [0, 0.05) is 28.4 Å². The topological polar surface area (TPSA) is 91.6 Å². The van der Waals surface area contributed by atoms with Crippen LogP contribution in [0.4, 0.5) is 0 Å². The smallest absolute Gasteiger partial charge is 0.249 e. The van der Waals surface area contributed by atoms with Gasteiger partial charge < -0.3 is 0 Å². The Balaban J connectivity index is 2.42. The van der Waals surface area contributed by atoms with E-state index >= 15 is 0 Å². The molecule has 17 heavy (non-hydrogen) atoms. The van der Waals surface area contributed by atoms with Crippen molar-refractivity contribution in [1.29, 1.82) is 0 Å². The molecule has 1 aromatic carbocycles. The molecule has 1 amide bonds. The first-order valence-electron chi connectivity index (χ1n) is 4.76. The van der Waals surface area contributed by atoms with Gasteiger partial charge in [-0.1, -0.05) is 18.2 Å². The molecule has 0 aliphatic rings. The Labute approximate surface area is 96.6 Å². The number of benzene rings is 1. The SMILES string of the molecule is [N-]=[N+]=NC(=O)c1cccc(-c2cncnc2)c1. The summed E-state index contributed by atoms with van der Waals surface area (Å²) in [5.41, 5.74) is 10.1. The van der Waals surface area contributed by atoms with Crippen molar-refractivity contribution in [3.63, 3.8) is 0 Å². The maximum atomic E-state index is 11.4. The number of carbonyl (C=O) groups excluding carboxylic acids is 1. The normalized spacial score (nSPS) is 9.41. The molecule has 1 heterocycles. The van der Waals surface area contributed by atoms with E-state index in [9.17, 15) is 4.79 Å². The second kappa shape index (κ2) is 4.87. The third-order valence-electron chi connectivity index (χ3n) is 2.14. The van der Waals surface area contributed by atoms with Crippen LogP contribution in [0.15, 0.2) is 48.1 Å². The Morgan fingerprint density at radius 3 is 2.71 bits per heavy atom. The van der Waals surface area contributed by atoms with Crippen molar-refractivity contribution in [2.75, 3.05) is 0 Å². The van der Waals surface area contributed by atoms with Crippen LogP contribution in [0.5, 0.6) is 0 Å². The fraction of sp³-hybridized carbons (Fsp3) is 0. The van der Waals surface area contributed by atoms with Crippen molar-refractivity contribution in [1.82, 2.24) is 9.97 Å². The van der Waals surface area contributed by atoms with Gasteiger partial charge in [-0.15, -0.1) is 0 Å². The minimum atomic E-state index is -0.605. The Bertz CT molecular complexity index is 590. The zero-order chi connectivity index (χ0) is 12.1. The summed E-state index contributed by atoms with van der Waals surface area (Å²) in [5, 5.41) is 3.04. The van der Waals surface area contributed by atoms with Crippen LogP contribution in [0.2, 0.25) is 0 Å².